The largest absolute Gasteiger partial charge is 0.278 e. The average Bonchev–Trinajstić information content (AvgIpc) is 2.43. The van der Waals surface area contributed by atoms with Crippen LogP contribution in [0.3, 0.4) is 0 Å². The van der Waals surface area contributed by atoms with Crippen molar-refractivity contribution in [1.82, 2.24) is 5.48 Å². The topological polar surface area (TPSA) is 33.6 Å². The van der Waals surface area contributed by atoms with E-state index in [2.05, 4.69) is 16.5 Å². The molecule has 0 fully saturated rings. The van der Waals surface area contributed by atoms with E-state index < -0.39 is 0 Å². The van der Waals surface area contributed by atoms with Crippen LogP contribution in [0.15, 0.2) is 28.1 Å². The van der Waals surface area contributed by atoms with Crippen molar-refractivity contribution in [3.63, 3.8) is 0 Å². The Balaban J connectivity index is 2.24. The van der Waals surface area contributed by atoms with Crippen LogP contribution in [0.5, 0.6) is 0 Å². The molecule has 0 unspecified atom stereocenters. The molecule has 1 N–H and O–H groups in total. The zero-order chi connectivity index (χ0) is 10.7. The van der Waals surface area contributed by atoms with Gasteiger partial charge in [-0.15, -0.1) is 11.8 Å². The van der Waals surface area contributed by atoms with Gasteiger partial charge < -0.3 is 0 Å². The van der Waals surface area contributed by atoms with Crippen molar-refractivity contribution in [1.29, 1.82) is 0 Å². The summed E-state index contributed by atoms with van der Waals surface area (Å²) in [4.78, 5) is 10.4. The lowest BCUT2D eigenvalue weighted by Gasteiger charge is -2.05. The summed E-state index contributed by atoms with van der Waals surface area (Å²) in [6, 6.07) is 5.92. The molecule has 0 amide bonds. The summed E-state index contributed by atoms with van der Waals surface area (Å²) >= 11 is 7.82. The highest BCUT2D eigenvalue weighted by atomic mass is 35.5. The molecule has 1 aromatic carbocycles. The predicted molar refractivity (Wildman–Crippen MR) is 63.5 cm³/mol. The van der Waals surface area contributed by atoms with Gasteiger partial charge in [0.1, 0.15) is 5.84 Å². The first-order chi connectivity index (χ1) is 7.31. The van der Waals surface area contributed by atoms with E-state index in [0.717, 1.165) is 22.2 Å². The number of amidine groups is 1. The number of halogens is 1. The third-order valence-corrected chi connectivity index (χ3v) is 3.55. The number of hydroxylamine groups is 1. The van der Waals surface area contributed by atoms with Gasteiger partial charge in [0.25, 0.3) is 0 Å². The second-order valence-corrected chi connectivity index (χ2v) is 4.50. The minimum Gasteiger partial charge on any atom is -0.278 e. The Labute approximate surface area is 97.8 Å². The highest BCUT2D eigenvalue weighted by Crippen LogP contribution is 2.30. The number of fused-ring (bicyclic) bond motifs is 1. The number of nitrogens with one attached hydrogen (secondary N) is 1. The number of hydrogen-bond acceptors (Lipinski definition) is 4. The second kappa shape index (κ2) is 4.88. The van der Waals surface area contributed by atoms with Crippen molar-refractivity contribution >= 4 is 29.2 Å². The molecule has 0 radical (unpaired) electrons. The Morgan fingerprint density at radius 2 is 2.40 bits per heavy atom. The molecule has 0 saturated heterocycles. The lowest BCUT2D eigenvalue weighted by Crippen LogP contribution is -2.23. The monoisotopic (exact) mass is 242 g/mol. The minimum atomic E-state index is 0.605. The minimum absolute atomic E-state index is 0.605. The highest BCUT2D eigenvalue weighted by Gasteiger charge is 2.12. The molecule has 5 heteroatoms. The van der Waals surface area contributed by atoms with Gasteiger partial charge in [0, 0.05) is 15.5 Å². The van der Waals surface area contributed by atoms with Gasteiger partial charge >= 0.3 is 0 Å². The number of thioether (sulfide) groups is 1. The second-order valence-electron chi connectivity index (χ2n) is 3.07. The van der Waals surface area contributed by atoms with E-state index in [4.69, 9.17) is 16.4 Å². The summed E-state index contributed by atoms with van der Waals surface area (Å²) in [6.07, 6.45) is 0. The van der Waals surface area contributed by atoms with Gasteiger partial charge in [0.05, 0.1) is 19.4 Å². The third kappa shape index (κ3) is 2.45. The third-order valence-electron chi connectivity index (χ3n) is 2.09. The summed E-state index contributed by atoms with van der Waals surface area (Å²) < 4.78 is 0. The van der Waals surface area contributed by atoms with Crippen LogP contribution in [-0.2, 0) is 11.4 Å². The van der Waals surface area contributed by atoms with Crippen molar-refractivity contribution in [3.8, 4) is 0 Å². The Hall–Kier alpha value is -0.710. The molecule has 1 aromatic rings. The van der Waals surface area contributed by atoms with Crippen molar-refractivity contribution in [3.05, 3.63) is 28.8 Å². The lowest BCUT2D eigenvalue weighted by molar-refractivity contribution is 0.144. The molecular weight excluding hydrogens is 232 g/mol. The Morgan fingerprint density at radius 1 is 1.53 bits per heavy atom. The highest BCUT2D eigenvalue weighted by molar-refractivity contribution is 8.00. The van der Waals surface area contributed by atoms with Crippen LogP contribution in [0.25, 0.3) is 0 Å². The quantitative estimate of drug-likeness (QED) is 0.769. The van der Waals surface area contributed by atoms with E-state index in [1.54, 1.807) is 18.9 Å². The van der Waals surface area contributed by atoms with Gasteiger partial charge in [-0.1, -0.05) is 17.7 Å². The standard InChI is InChI=1S/C10H11ClN2OS/c1-14-13-10-6-15-9-4-2-3-8(11)7(9)5-12-10/h2-4H,5-6H2,1H3,(H,12,13). The van der Waals surface area contributed by atoms with Gasteiger partial charge in [-0.05, 0) is 12.1 Å². The van der Waals surface area contributed by atoms with Crippen LogP contribution in [-0.4, -0.2) is 18.7 Å². The Kier molecular flexibility index (Phi) is 3.51. The zero-order valence-corrected chi connectivity index (χ0v) is 9.86. The van der Waals surface area contributed by atoms with Gasteiger partial charge in [-0.25, -0.2) is 0 Å². The molecule has 0 aromatic heterocycles. The van der Waals surface area contributed by atoms with Crippen LogP contribution < -0.4 is 5.48 Å². The molecule has 15 heavy (non-hydrogen) atoms. The maximum absolute atomic E-state index is 6.11. The number of benzene rings is 1. The van der Waals surface area contributed by atoms with Crippen molar-refractivity contribution in [2.24, 2.45) is 4.99 Å². The van der Waals surface area contributed by atoms with Crippen LogP contribution in [0.2, 0.25) is 5.02 Å². The Morgan fingerprint density at radius 3 is 3.20 bits per heavy atom. The summed E-state index contributed by atoms with van der Waals surface area (Å²) in [6.45, 7) is 0.605. The van der Waals surface area contributed by atoms with E-state index >= 15 is 0 Å². The maximum Gasteiger partial charge on any atom is 0.131 e. The molecule has 0 spiro atoms. The van der Waals surface area contributed by atoms with Gasteiger partial charge in [-0.2, -0.15) is 0 Å². The van der Waals surface area contributed by atoms with E-state index in [1.165, 1.54) is 4.90 Å². The summed E-state index contributed by atoms with van der Waals surface area (Å²) in [7, 11) is 1.58. The fraction of sp³-hybridized carbons (Fsp3) is 0.300. The van der Waals surface area contributed by atoms with Crippen molar-refractivity contribution in [2.45, 2.75) is 11.4 Å². The molecule has 0 bridgehead atoms. The fourth-order valence-corrected chi connectivity index (χ4v) is 2.63. The SMILES string of the molecule is CONC1=NCc2c(Cl)cccc2SC1. The lowest BCUT2D eigenvalue weighted by atomic mass is 10.2. The molecule has 1 aliphatic rings. The Bertz CT molecular complexity index is 395. The van der Waals surface area contributed by atoms with E-state index in [9.17, 15) is 0 Å². The predicted octanol–water partition coefficient (Wildman–Crippen LogP) is 2.50. The van der Waals surface area contributed by atoms with Gasteiger partial charge in [-0.3, -0.25) is 15.3 Å². The first-order valence-corrected chi connectivity index (χ1v) is 5.90. The smallest absolute Gasteiger partial charge is 0.131 e. The number of nitrogens with zero attached hydrogens (tertiary/aromatic N) is 1. The van der Waals surface area contributed by atoms with Crippen LogP contribution >= 0.6 is 23.4 Å². The van der Waals surface area contributed by atoms with Crippen molar-refractivity contribution in [2.75, 3.05) is 12.9 Å². The van der Waals surface area contributed by atoms with Crippen LogP contribution in [0, 0.1) is 0 Å². The molecule has 2 rings (SSSR count). The summed E-state index contributed by atoms with van der Waals surface area (Å²) in [5.74, 6) is 1.62. The van der Waals surface area contributed by atoms with Gasteiger partial charge in [0.2, 0.25) is 0 Å². The molecule has 3 nitrogen and oxygen atoms in total. The molecule has 0 aliphatic carbocycles. The maximum atomic E-state index is 6.11. The molecule has 0 saturated carbocycles. The summed E-state index contributed by atoms with van der Waals surface area (Å²) in [5.41, 5.74) is 3.86. The van der Waals surface area contributed by atoms with Crippen molar-refractivity contribution < 1.29 is 4.84 Å². The zero-order valence-electron chi connectivity index (χ0n) is 8.29. The first kappa shape index (κ1) is 10.8. The van der Waals surface area contributed by atoms with E-state index in [0.29, 0.717) is 6.54 Å². The van der Waals surface area contributed by atoms with Crippen LogP contribution in [0.4, 0.5) is 0 Å². The fourth-order valence-electron chi connectivity index (χ4n) is 1.37. The molecule has 1 aliphatic heterocycles. The number of aliphatic imine (C=N–C) groups is 1. The molecule has 1 heterocycles. The molecule has 0 atom stereocenters. The average molecular weight is 243 g/mol. The van der Waals surface area contributed by atoms with Gasteiger partial charge in [0.15, 0.2) is 0 Å². The summed E-state index contributed by atoms with van der Waals surface area (Å²) in [5, 5.41) is 0.780. The molecular formula is C10H11ClN2OS. The first-order valence-electron chi connectivity index (χ1n) is 4.54. The normalized spacial score (nSPS) is 15.2. The molecule has 80 valence electrons. The van der Waals surface area contributed by atoms with E-state index in [1.807, 2.05) is 12.1 Å². The van der Waals surface area contributed by atoms with Crippen LogP contribution in [0.1, 0.15) is 5.56 Å². The van der Waals surface area contributed by atoms with E-state index in [-0.39, 0.29) is 0 Å². The number of rotatable bonds is 1. The number of hydrogen-bond donors (Lipinski definition) is 1.